The van der Waals surface area contributed by atoms with Crippen LogP contribution in [0.3, 0.4) is 0 Å². The number of hydrogen-bond acceptors (Lipinski definition) is 5. The maximum atomic E-state index is 11.6. The van der Waals surface area contributed by atoms with Gasteiger partial charge < -0.3 is 5.32 Å². The molecule has 0 aromatic rings. The molecule has 14 heavy (non-hydrogen) atoms. The molecule has 1 aliphatic carbocycles. The molecule has 0 spiro atoms. The Morgan fingerprint density at radius 2 is 2.14 bits per heavy atom. The van der Waals surface area contributed by atoms with Gasteiger partial charge in [-0.15, -0.1) is 11.8 Å². The van der Waals surface area contributed by atoms with E-state index in [1.165, 1.54) is 18.7 Å². The van der Waals surface area contributed by atoms with E-state index >= 15 is 0 Å². The third-order valence-electron chi connectivity index (χ3n) is 2.28. The van der Waals surface area contributed by atoms with E-state index in [0.717, 1.165) is 5.75 Å². The Kier molecular flexibility index (Phi) is 2.19. The standard InChI is InChI=1S/C9H9NO3S/c1-4(11)5-7(12)6-9(8(5)13)14-3-2-10-6/h5,10H,2-3H2,1H3/t5-/m0/s1. The first-order valence-electron chi connectivity index (χ1n) is 4.32. The highest BCUT2D eigenvalue weighted by Crippen LogP contribution is 2.34. The second-order valence-corrected chi connectivity index (χ2v) is 4.36. The first-order valence-corrected chi connectivity index (χ1v) is 5.31. The van der Waals surface area contributed by atoms with Gasteiger partial charge in [-0.05, 0) is 6.92 Å². The summed E-state index contributed by atoms with van der Waals surface area (Å²) < 4.78 is 0. The second kappa shape index (κ2) is 3.24. The van der Waals surface area contributed by atoms with E-state index in [9.17, 15) is 14.4 Å². The Bertz CT molecular complexity index is 344. The highest BCUT2D eigenvalue weighted by molar-refractivity contribution is 8.04. The highest BCUT2D eigenvalue weighted by atomic mass is 32.2. The molecule has 0 unspecified atom stereocenters. The Morgan fingerprint density at radius 1 is 1.43 bits per heavy atom. The summed E-state index contributed by atoms with van der Waals surface area (Å²) in [5, 5.41) is 2.88. The molecule has 2 rings (SSSR count). The minimum Gasteiger partial charge on any atom is -0.380 e. The van der Waals surface area contributed by atoms with Crippen LogP contribution in [0.25, 0.3) is 0 Å². The molecule has 1 N–H and O–H groups in total. The molecule has 5 heteroatoms. The molecular formula is C9H9NO3S. The fourth-order valence-electron chi connectivity index (χ4n) is 1.64. The van der Waals surface area contributed by atoms with Crippen LogP contribution in [0.5, 0.6) is 0 Å². The zero-order valence-corrected chi connectivity index (χ0v) is 8.44. The number of allylic oxidation sites excluding steroid dienone is 2. The lowest BCUT2D eigenvalue weighted by Crippen LogP contribution is -2.28. The predicted molar refractivity (Wildman–Crippen MR) is 51.7 cm³/mol. The smallest absolute Gasteiger partial charge is 0.198 e. The van der Waals surface area contributed by atoms with Crippen molar-refractivity contribution in [2.24, 2.45) is 5.92 Å². The van der Waals surface area contributed by atoms with Gasteiger partial charge in [0.15, 0.2) is 11.6 Å². The number of rotatable bonds is 1. The lowest BCUT2D eigenvalue weighted by atomic mass is 10.0. The Balaban J connectivity index is 2.39. The van der Waals surface area contributed by atoms with Crippen LogP contribution in [0.15, 0.2) is 10.6 Å². The average Bonchev–Trinajstić information content (AvgIpc) is 2.41. The summed E-state index contributed by atoms with van der Waals surface area (Å²) in [6, 6.07) is 0. The maximum absolute atomic E-state index is 11.6. The van der Waals surface area contributed by atoms with Crippen LogP contribution < -0.4 is 5.32 Å². The van der Waals surface area contributed by atoms with Crippen molar-refractivity contribution in [2.75, 3.05) is 12.3 Å². The number of nitrogens with one attached hydrogen (secondary N) is 1. The summed E-state index contributed by atoms with van der Waals surface area (Å²) >= 11 is 1.36. The number of thioether (sulfide) groups is 1. The maximum Gasteiger partial charge on any atom is 0.198 e. The fourth-order valence-corrected chi connectivity index (χ4v) is 2.62. The Labute approximate surface area is 85.1 Å². The molecule has 4 nitrogen and oxygen atoms in total. The van der Waals surface area contributed by atoms with Crippen molar-refractivity contribution in [2.45, 2.75) is 6.92 Å². The molecule has 0 aromatic heterocycles. The second-order valence-electron chi connectivity index (χ2n) is 3.25. The summed E-state index contributed by atoms with van der Waals surface area (Å²) in [5.41, 5.74) is 0.353. The van der Waals surface area contributed by atoms with Gasteiger partial charge in [0, 0.05) is 12.3 Å². The van der Waals surface area contributed by atoms with Gasteiger partial charge in [0.05, 0.1) is 10.6 Å². The normalized spacial score (nSPS) is 26.2. The van der Waals surface area contributed by atoms with Crippen LogP contribution >= 0.6 is 11.8 Å². The number of hydrogen-bond donors (Lipinski definition) is 1. The summed E-state index contributed by atoms with van der Waals surface area (Å²) in [6.45, 7) is 1.96. The van der Waals surface area contributed by atoms with E-state index in [2.05, 4.69) is 5.32 Å². The molecule has 74 valence electrons. The van der Waals surface area contributed by atoms with Gasteiger partial charge in [-0.3, -0.25) is 14.4 Å². The van der Waals surface area contributed by atoms with Crippen LogP contribution in [0, 0.1) is 5.92 Å². The van der Waals surface area contributed by atoms with E-state index in [0.29, 0.717) is 17.1 Å². The van der Waals surface area contributed by atoms with Crippen LogP contribution in [0.2, 0.25) is 0 Å². The molecular weight excluding hydrogens is 202 g/mol. The van der Waals surface area contributed by atoms with E-state index in [-0.39, 0.29) is 17.3 Å². The molecule has 1 atom stereocenters. The minimum atomic E-state index is -1.07. The van der Waals surface area contributed by atoms with Gasteiger partial charge in [-0.25, -0.2) is 0 Å². The van der Waals surface area contributed by atoms with Crippen molar-refractivity contribution in [1.82, 2.24) is 5.32 Å². The average molecular weight is 211 g/mol. The summed E-state index contributed by atoms with van der Waals surface area (Å²) in [4.78, 5) is 34.8. The van der Waals surface area contributed by atoms with E-state index in [1.807, 2.05) is 0 Å². The number of carbonyl (C=O) groups excluding carboxylic acids is 3. The molecule has 0 radical (unpaired) electrons. The predicted octanol–water partition coefficient (Wildman–Crippen LogP) is -0.109. The van der Waals surface area contributed by atoms with Crippen LogP contribution in [0.1, 0.15) is 6.92 Å². The molecule has 2 aliphatic rings. The first kappa shape index (κ1) is 9.45. The van der Waals surface area contributed by atoms with Crippen LogP contribution in [-0.4, -0.2) is 29.6 Å². The van der Waals surface area contributed by atoms with Gasteiger partial charge in [-0.2, -0.15) is 0 Å². The van der Waals surface area contributed by atoms with Gasteiger partial charge in [0.1, 0.15) is 11.7 Å². The number of ketones is 3. The first-order chi connectivity index (χ1) is 6.63. The molecule has 0 amide bonds. The molecule has 0 saturated heterocycles. The summed E-state index contributed by atoms with van der Waals surface area (Å²) in [6.07, 6.45) is 0. The highest BCUT2D eigenvalue weighted by Gasteiger charge is 2.44. The topological polar surface area (TPSA) is 63.2 Å². The summed E-state index contributed by atoms with van der Waals surface area (Å²) in [5.74, 6) is -1.35. The quantitative estimate of drug-likeness (QED) is 0.613. The van der Waals surface area contributed by atoms with Crippen molar-refractivity contribution in [3.8, 4) is 0 Å². The van der Waals surface area contributed by atoms with Crippen molar-refractivity contribution in [1.29, 1.82) is 0 Å². The van der Waals surface area contributed by atoms with E-state index < -0.39 is 5.92 Å². The van der Waals surface area contributed by atoms with Gasteiger partial charge in [0.25, 0.3) is 0 Å². The fraction of sp³-hybridized carbons (Fsp3) is 0.444. The van der Waals surface area contributed by atoms with Gasteiger partial charge in [-0.1, -0.05) is 0 Å². The van der Waals surface area contributed by atoms with Gasteiger partial charge >= 0.3 is 0 Å². The number of Topliss-reactive ketones (excluding diaryl/α,β-unsaturated/α-hetero) is 3. The molecule has 0 fully saturated rings. The lowest BCUT2D eigenvalue weighted by molar-refractivity contribution is -0.134. The molecule has 1 heterocycles. The number of carbonyl (C=O) groups is 3. The van der Waals surface area contributed by atoms with Crippen LogP contribution in [-0.2, 0) is 14.4 Å². The molecule has 1 aliphatic heterocycles. The van der Waals surface area contributed by atoms with Gasteiger partial charge in [0.2, 0.25) is 0 Å². The minimum absolute atomic E-state index is 0.324. The molecule has 0 saturated carbocycles. The van der Waals surface area contributed by atoms with E-state index in [1.54, 1.807) is 0 Å². The lowest BCUT2D eigenvalue weighted by Gasteiger charge is -2.12. The zero-order chi connectivity index (χ0) is 10.3. The Hall–Kier alpha value is -1.10. The van der Waals surface area contributed by atoms with E-state index in [4.69, 9.17) is 0 Å². The largest absolute Gasteiger partial charge is 0.380 e. The van der Waals surface area contributed by atoms with Crippen molar-refractivity contribution in [3.05, 3.63) is 10.6 Å². The monoisotopic (exact) mass is 211 g/mol. The SMILES string of the molecule is CC(=O)[C@H]1C(=O)C2=C(SCCN2)C1=O. The van der Waals surface area contributed by atoms with Crippen molar-refractivity contribution in [3.63, 3.8) is 0 Å². The zero-order valence-electron chi connectivity index (χ0n) is 7.62. The summed E-state index contributed by atoms with van der Waals surface area (Å²) in [7, 11) is 0. The molecule has 0 bridgehead atoms. The molecule has 0 aromatic carbocycles. The Morgan fingerprint density at radius 3 is 2.71 bits per heavy atom. The van der Waals surface area contributed by atoms with Crippen molar-refractivity contribution < 1.29 is 14.4 Å². The van der Waals surface area contributed by atoms with Crippen molar-refractivity contribution >= 4 is 29.1 Å². The van der Waals surface area contributed by atoms with Crippen LogP contribution in [0.4, 0.5) is 0 Å². The third kappa shape index (κ3) is 1.19. The third-order valence-corrected chi connectivity index (χ3v) is 3.38.